The van der Waals surface area contributed by atoms with Crippen molar-refractivity contribution in [3.63, 3.8) is 0 Å². The third-order valence-electron chi connectivity index (χ3n) is 2.63. The van der Waals surface area contributed by atoms with Crippen LogP contribution in [0.15, 0.2) is 40.9 Å². The van der Waals surface area contributed by atoms with E-state index in [0.717, 1.165) is 5.56 Å². The Labute approximate surface area is 123 Å². The number of nitro groups is 1. The number of nitrogens with zero attached hydrogens (tertiary/aromatic N) is 1. The van der Waals surface area contributed by atoms with Crippen molar-refractivity contribution in [2.24, 2.45) is 0 Å². The largest absolute Gasteiger partial charge is 0.449 e. The van der Waals surface area contributed by atoms with Crippen LogP contribution >= 0.6 is 15.9 Å². The predicted molar refractivity (Wildman–Crippen MR) is 77.4 cm³/mol. The lowest BCUT2D eigenvalue weighted by Gasteiger charge is -2.09. The molecule has 0 saturated carbocycles. The zero-order valence-corrected chi connectivity index (χ0v) is 12.1. The molecule has 0 amide bonds. The first-order valence-corrected chi connectivity index (χ1v) is 6.48. The van der Waals surface area contributed by atoms with Gasteiger partial charge in [-0.3, -0.25) is 14.9 Å². The van der Waals surface area contributed by atoms with Crippen LogP contribution in [-0.2, 0) is 0 Å². The fraction of sp³-hybridized carbons (Fsp3) is 0.0714. The van der Waals surface area contributed by atoms with Crippen molar-refractivity contribution in [1.29, 1.82) is 0 Å². The molecule has 20 heavy (non-hydrogen) atoms. The Kier molecular flexibility index (Phi) is 4.14. The molecular formula is C14H10BrNO4. The Morgan fingerprint density at radius 2 is 1.90 bits per heavy atom. The fourth-order valence-electron chi connectivity index (χ4n) is 1.69. The first kappa shape index (κ1) is 14.2. The van der Waals surface area contributed by atoms with Crippen molar-refractivity contribution in [3.8, 4) is 11.5 Å². The van der Waals surface area contributed by atoms with Gasteiger partial charge in [0, 0.05) is 10.5 Å². The Morgan fingerprint density at radius 1 is 1.20 bits per heavy atom. The smallest absolute Gasteiger partial charge is 0.312 e. The number of rotatable bonds is 4. The Balaban J connectivity index is 2.45. The quantitative estimate of drug-likeness (QED) is 0.475. The van der Waals surface area contributed by atoms with Gasteiger partial charge in [0.15, 0.2) is 6.29 Å². The summed E-state index contributed by atoms with van der Waals surface area (Å²) in [4.78, 5) is 21.5. The number of ether oxygens (including phenoxy) is 1. The second kappa shape index (κ2) is 5.83. The molecule has 0 atom stereocenters. The van der Waals surface area contributed by atoms with Crippen LogP contribution in [0.3, 0.4) is 0 Å². The van der Waals surface area contributed by atoms with Gasteiger partial charge in [0.25, 0.3) is 0 Å². The number of nitro benzene ring substituents is 1. The molecule has 0 saturated heterocycles. The maximum absolute atomic E-state index is 11.0. The predicted octanol–water partition coefficient (Wildman–Crippen LogP) is 4.27. The van der Waals surface area contributed by atoms with E-state index in [9.17, 15) is 14.9 Å². The van der Waals surface area contributed by atoms with Crippen LogP contribution < -0.4 is 4.74 Å². The first-order chi connectivity index (χ1) is 9.51. The van der Waals surface area contributed by atoms with E-state index in [1.807, 2.05) is 6.92 Å². The van der Waals surface area contributed by atoms with E-state index >= 15 is 0 Å². The van der Waals surface area contributed by atoms with Gasteiger partial charge < -0.3 is 4.74 Å². The van der Waals surface area contributed by atoms with E-state index in [4.69, 9.17) is 4.74 Å². The highest BCUT2D eigenvalue weighted by Gasteiger charge is 2.17. The van der Waals surface area contributed by atoms with Gasteiger partial charge in [-0.15, -0.1) is 0 Å². The Bertz CT molecular complexity index is 685. The summed E-state index contributed by atoms with van der Waals surface area (Å²) < 4.78 is 6.09. The minimum Gasteiger partial charge on any atom is -0.449 e. The number of carbonyl (C=O) groups excluding carboxylic acids is 1. The van der Waals surface area contributed by atoms with Crippen molar-refractivity contribution >= 4 is 27.9 Å². The summed E-state index contributed by atoms with van der Waals surface area (Å²) in [5, 5.41) is 11.0. The molecule has 2 aromatic carbocycles. The topological polar surface area (TPSA) is 69.4 Å². The van der Waals surface area contributed by atoms with Gasteiger partial charge in [0.1, 0.15) is 5.75 Å². The van der Waals surface area contributed by atoms with E-state index in [0.29, 0.717) is 16.3 Å². The molecule has 5 nitrogen and oxygen atoms in total. The van der Waals surface area contributed by atoms with Crippen LogP contribution in [0.4, 0.5) is 5.69 Å². The number of benzene rings is 2. The van der Waals surface area contributed by atoms with Crippen LogP contribution in [0.1, 0.15) is 15.9 Å². The van der Waals surface area contributed by atoms with E-state index in [1.165, 1.54) is 12.1 Å². The molecule has 0 bridgehead atoms. The number of hydrogen-bond acceptors (Lipinski definition) is 4. The molecule has 0 radical (unpaired) electrons. The third-order valence-corrected chi connectivity index (χ3v) is 3.12. The average Bonchev–Trinajstić information content (AvgIpc) is 2.42. The van der Waals surface area contributed by atoms with Crippen molar-refractivity contribution < 1.29 is 14.5 Å². The maximum Gasteiger partial charge on any atom is 0.312 e. The normalized spacial score (nSPS) is 10.1. The van der Waals surface area contributed by atoms with Crippen LogP contribution in [0.25, 0.3) is 0 Å². The van der Waals surface area contributed by atoms with E-state index in [-0.39, 0.29) is 17.2 Å². The number of hydrogen-bond donors (Lipinski definition) is 0. The standard InChI is InChI=1S/C14H10BrNO4/c1-9-2-4-13(10(6-9)8-17)20-14-5-3-11(15)7-12(14)16(18)19/h2-8H,1H3. The minimum atomic E-state index is -0.533. The van der Waals surface area contributed by atoms with Crippen LogP contribution in [0.5, 0.6) is 11.5 Å². The maximum atomic E-state index is 11.0. The lowest BCUT2D eigenvalue weighted by Crippen LogP contribution is -1.96. The van der Waals surface area contributed by atoms with Gasteiger partial charge in [0.05, 0.1) is 10.5 Å². The van der Waals surface area contributed by atoms with Gasteiger partial charge in [-0.05, 0) is 31.2 Å². The Hall–Kier alpha value is -2.21. The number of halogens is 1. The third kappa shape index (κ3) is 3.03. The minimum absolute atomic E-state index is 0.0881. The molecule has 0 aromatic heterocycles. The first-order valence-electron chi connectivity index (χ1n) is 5.69. The molecule has 0 unspecified atom stereocenters. The monoisotopic (exact) mass is 335 g/mol. The Morgan fingerprint density at radius 3 is 2.55 bits per heavy atom. The van der Waals surface area contributed by atoms with Gasteiger partial charge in [-0.1, -0.05) is 27.6 Å². The molecule has 0 fully saturated rings. The molecule has 0 aliphatic heterocycles. The highest BCUT2D eigenvalue weighted by Crippen LogP contribution is 2.34. The molecule has 0 aliphatic rings. The van der Waals surface area contributed by atoms with Gasteiger partial charge in [-0.25, -0.2) is 0 Å². The summed E-state index contributed by atoms with van der Waals surface area (Å²) in [6.07, 6.45) is 0.660. The summed E-state index contributed by atoms with van der Waals surface area (Å²) in [6, 6.07) is 9.52. The SMILES string of the molecule is Cc1ccc(Oc2ccc(Br)cc2[N+](=O)[O-])c(C=O)c1. The van der Waals surface area contributed by atoms with Gasteiger partial charge in [0.2, 0.25) is 5.75 Å². The molecular weight excluding hydrogens is 326 g/mol. The van der Waals surface area contributed by atoms with E-state index in [1.54, 1.807) is 24.3 Å². The number of carbonyl (C=O) groups is 1. The zero-order valence-electron chi connectivity index (χ0n) is 10.5. The van der Waals surface area contributed by atoms with Gasteiger partial charge in [-0.2, -0.15) is 0 Å². The van der Waals surface area contributed by atoms with Crippen LogP contribution in [0, 0.1) is 17.0 Å². The van der Waals surface area contributed by atoms with E-state index < -0.39 is 4.92 Å². The molecule has 0 aliphatic carbocycles. The highest BCUT2D eigenvalue weighted by molar-refractivity contribution is 9.10. The molecule has 0 heterocycles. The highest BCUT2D eigenvalue weighted by atomic mass is 79.9. The van der Waals surface area contributed by atoms with Crippen LogP contribution in [-0.4, -0.2) is 11.2 Å². The lowest BCUT2D eigenvalue weighted by atomic mass is 10.1. The zero-order chi connectivity index (χ0) is 14.7. The van der Waals surface area contributed by atoms with Crippen molar-refractivity contribution in [2.45, 2.75) is 6.92 Å². The lowest BCUT2D eigenvalue weighted by molar-refractivity contribution is -0.385. The second-order valence-corrected chi connectivity index (χ2v) is 5.05. The fourth-order valence-corrected chi connectivity index (χ4v) is 2.04. The van der Waals surface area contributed by atoms with Crippen LogP contribution in [0.2, 0.25) is 0 Å². The molecule has 2 aromatic rings. The molecule has 2 rings (SSSR count). The average molecular weight is 336 g/mol. The summed E-state index contributed by atoms with van der Waals surface area (Å²) >= 11 is 3.17. The second-order valence-electron chi connectivity index (χ2n) is 4.13. The van der Waals surface area contributed by atoms with Crippen molar-refractivity contribution in [3.05, 3.63) is 62.1 Å². The van der Waals surface area contributed by atoms with E-state index in [2.05, 4.69) is 15.9 Å². The van der Waals surface area contributed by atoms with Crippen molar-refractivity contribution in [2.75, 3.05) is 0 Å². The van der Waals surface area contributed by atoms with Crippen molar-refractivity contribution in [1.82, 2.24) is 0 Å². The molecule has 0 N–H and O–H groups in total. The summed E-state index contributed by atoms with van der Waals surface area (Å²) in [6.45, 7) is 1.85. The molecule has 6 heteroatoms. The molecule has 102 valence electrons. The number of aryl methyl sites for hydroxylation is 1. The summed E-state index contributed by atoms with van der Waals surface area (Å²) in [5.41, 5.74) is 1.09. The van der Waals surface area contributed by atoms with Gasteiger partial charge >= 0.3 is 5.69 Å². The number of aldehydes is 1. The summed E-state index contributed by atoms with van der Waals surface area (Å²) in [5.74, 6) is 0.376. The summed E-state index contributed by atoms with van der Waals surface area (Å²) in [7, 11) is 0. The molecule has 0 spiro atoms.